The Morgan fingerprint density at radius 3 is 2.87 bits per heavy atom. The fraction of sp³-hybridized carbons (Fsp3) is 1.00. The molecule has 2 fully saturated rings. The van der Waals surface area contributed by atoms with Gasteiger partial charge >= 0.3 is 0 Å². The van der Waals surface area contributed by atoms with Gasteiger partial charge in [0.05, 0.1) is 12.7 Å². The van der Waals surface area contributed by atoms with Gasteiger partial charge in [-0.3, -0.25) is 0 Å². The van der Waals surface area contributed by atoms with Gasteiger partial charge < -0.3 is 9.47 Å². The standard InChI is InChI=1S/C12H21BrO2/c1-9(2)10-4-3-5-12(6-10)14-8-11(7-13)15-12/h9-11H,3-8H2,1-2H3. The predicted octanol–water partition coefficient (Wildman–Crippen LogP) is 3.34. The number of alkyl halides is 1. The Morgan fingerprint density at radius 2 is 2.27 bits per heavy atom. The van der Waals surface area contributed by atoms with Gasteiger partial charge in [-0.1, -0.05) is 29.8 Å². The molecule has 3 unspecified atom stereocenters. The average Bonchev–Trinajstić information content (AvgIpc) is 2.61. The summed E-state index contributed by atoms with van der Waals surface area (Å²) in [5.74, 6) is 1.29. The lowest BCUT2D eigenvalue weighted by atomic mass is 9.78. The molecule has 1 aliphatic heterocycles. The lowest BCUT2D eigenvalue weighted by molar-refractivity contribution is -0.197. The number of halogens is 1. The summed E-state index contributed by atoms with van der Waals surface area (Å²) in [4.78, 5) is 0. The summed E-state index contributed by atoms with van der Waals surface area (Å²) in [6, 6.07) is 0. The van der Waals surface area contributed by atoms with Crippen LogP contribution in [0.2, 0.25) is 0 Å². The van der Waals surface area contributed by atoms with E-state index in [9.17, 15) is 0 Å². The Balaban J connectivity index is 1.97. The molecule has 1 heterocycles. The van der Waals surface area contributed by atoms with E-state index >= 15 is 0 Å². The maximum atomic E-state index is 6.05. The summed E-state index contributed by atoms with van der Waals surface area (Å²) in [7, 11) is 0. The summed E-state index contributed by atoms with van der Waals surface area (Å²) < 4.78 is 12.0. The number of hydrogen-bond acceptors (Lipinski definition) is 2. The van der Waals surface area contributed by atoms with Crippen molar-refractivity contribution >= 4 is 15.9 Å². The van der Waals surface area contributed by atoms with Gasteiger partial charge in [0.1, 0.15) is 0 Å². The van der Waals surface area contributed by atoms with Crippen LogP contribution in [0.3, 0.4) is 0 Å². The number of hydrogen-bond donors (Lipinski definition) is 0. The summed E-state index contributed by atoms with van der Waals surface area (Å²) in [5, 5.41) is 0.890. The van der Waals surface area contributed by atoms with Gasteiger partial charge in [0.15, 0.2) is 5.79 Å². The zero-order valence-corrected chi connectivity index (χ0v) is 11.3. The minimum Gasteiger partial charge on any atom is -0.347 e. The first kappa shape index (κ1) is 11.9. The summed E-state index contributed by atoms with van der Waals surface area (Å²) in [5.41, 5.74) is 0. The quantitative estimate of drug-likeness (QED) is 0.721. The normalized spacial score (nSPS) is 41.6. The third-order valence-corrected chi connectivity index (χ3v) is 4.46. The van der Waals surface area contributed by atoms with E-state index in [1.807, 2.05) is 0 Å². The van der Waals surface area contributed by atoms with E-state index in [1.165, 1.54) is 12.8 Å². The molecule has 1 spiro atoms. The first-order valence-corrected chi connectivity index (χ1v) is 7.15. The Kier molecular flexibility index (Phi) is 3.74. The Labute approximate surface area is 101 Å². The summed E-state index contributed by atoms with van der Waals surface area (Å²) in [6.45, 7) is 5.37. The van der Waals surface area contributed by atoms with Crippen molar-refractivity contribution in [2.45, 2.75) is 51.4 Å². The van der Waals surface area contributed by atoms with Gasteiger partial charge in [-0.05, 0) is 24.7 Å². The van der Waals surface area contributed by atoms with Gasteiger partial charge in [0.2, 0.25) is 0 Å². The van der Waals surface area contributed by atoms with Crippen molar-refractivity contribution < 1.29 is 9.47 Å². The molecule has 0 bridgehead atoms. The molecule has 0 aromatic carbocycles. The fourth-order valence-corrected chi connectivity index (χ4v) is 3.06. The highest BCUT2D eigenvalue weighted by Gasteiger charge is 2.45. The van der Waals surface area contributed by atoms with E-state index in [1.54, 1.807) is 0 Å². The van der Waals surface area contributed by atoms with E-state index in [-0.39, 0.29) is 11.9 Å². The van der Waals surface area contributed by atoms with Crippen molar-refractivity contribution in [3.63, 3.8) is 0 Å². The van der Waals surface area contributed by atoms with Gasteiger partial charge in [-0.25, -0.2) is 0 Å². The Hall–Kier alpha value is 0.400. The second kappa shape index (κ2) is 4.72. The summed E-state index contributed by atoms with van der Waals surface area (Å²) >= 11 is 3.47. The monoisotopic (exact) mass is 276 g/mol. The first-order chi connectivity index (χ1) is 7.15. The highest BCUT2D eigenvalue weighted by Crippen LogP contribution is 2.42. The van der Waals surface area contributed by atoms with Crippen molar-refractivity contribution in [3.8, 4) is 0 Å². The molecule has 0 aromatic heterocycles. The molecule has 1 aliphatic carbocycles. The molecule has 2 nitrogen and oxygen atoms in total. The van der Waals surface area contributed by atoms with Crippen LogP contribution in [-0.4, -0.2) is 23.8 Å². The second-order valence-corrected chi connectivity index (χ2v) is 5.86. The number of rotatable bonds is 2. The van der Waals surface area contributed by atoms with E-state index in [2.05, 4.69) is 29.8 Å². The highest BCUT2D eigenvalue weighted by molar-refractivity contribution is 9.09. The van der Waals surface area contributed by atoms with E-state index in [0.29, 0.717) is 0 Å². The highest BCUT2D eigenvalue weighted by atomic mass is 79.9. The van der Waals surface area contributed by atoms with Crippen LogP contribution in [-0.2, 0) is 9.47 Å². The molecule has 88 valence electrons. The summed E-state index contributed by atoms with van der Waals surface area (Å²) in [6.07, 6.45) is 5.02. The average molecular weight is 277 g/mol. The zero-order chi connectivity index (χ0) is 10.9. The van der Waals surface area contributed by atoms with E-state index < -0.39 is 0 Å². The lowest BCUT2D eigenvalue weighted by Crippen LogP contribution is -2.38. The zero-order valence-electron chi connectivity index (χ0n) is 9.67. The van der Waals surface area contributed by atoms with Crippen molar-refractivity contribution in [2.24, 2.45) is 11.8 Å². The molecule has 0 amide bonds. The van der Waals surface area contributed by atoms with Gasteiger partial charge in [0, 0.05) is 18.2 Å². The van der Waals surface area contributed by atoms with Crippen LogP contribution in [0.4, 0.5) is 0 Å². The lowest BCUT2D eigenvalue weighted by Gasteiger charge is -2.38. The predicted molar refractivity (Wildman–Crippen MR) is 64.1 cm³/mol. The number of ether oxygens (including phenoxy) is 2. The van der Waals surface area contributed by atoms with E-state index in [0.717, 1.165) is 36.6 Å². The Morgan fingerprint density at radius 1 is 1.47 bits per heavy atom. The first-order valence-electron chi connectivity index (χ1n) is 6.03. The topological polar surface area (TPSA) is 18.5 Å². The molecule has 0 aromatic rings. The third kappa shape index (κ3) is 2.56. The van der Waals surface area contributed by atoms with Crippen LogP contribution in [0.15, 0.2) is 0 Å². The van der Waals surface area contributed by atoms with Gasteiger partial charge in [-0.15, -0.1) is 0 Å². The molecule has 2 aliphatic rings. The van der Waals surface area contributed by atoms with Crippen molar-refractivity contribution in [1.82, 2.24) is 0 Å². The molecule has 2 rings (SSSR count). The van der Waals surface area contributed by atoms with Crippen LogP contribution >= 0.6 is 15.9 Å². The molecule has 1 saturated heterocycles. The third-order valence-electron chi connectivity index (χ3n) is 3.73. The van der Waals surface area contributed by atoms with E-state index in [4.69, 9.17) is 9.47 Å². The van der Waals surface area contributed by atoms with Crippen LogP contribution < -0.4 is 0 Å². The molecule has 3 atom stereocenters. The van der Waals surface area contributed by atoms with Crippen molar-refractivity contribution in [3.05, 3.63) is 0 Å². The van der Waals surface area contributed by atoms with Crippen LogP contribution in [0.1, 0.15) is 39.5 Å². The molecule has 15 heavy (non-hydrogen) atoms. The molecule has 3 heteroatoms. The fourth-order valence-electron chi connectivity index (χ4n) is 2.74. The van der Waals surface area contributed by atoms with Gasteiger partial charge in [-0.2, -0.15) is 0 Å². The Bertz CT molecular complexity index is 220. The minimum atomic E-state index is -0.231. The maximum Gasteiger partial charge on any atom is 0.169 e. The molecular weight excluding hydrogens is 256 g/mol. The largest absolute Gasteiger partial charge is 0.347 e. The van der Waals surface area contributed by atoms with Gasteiger partial charge in [0.25, 0.3) is 0 Å². The SMILES string of the molecule is CC(C)C1CCCC2(C1)OCC(CBr)O2. The van der Waals surface area contributed by atoms with Crippen molar-refractivity contribution in [1.29, 1.82) is 0 Å². The second-order valence-electron chi connectivity index (χ2n) is 5.22. The molecular formula is C12H21BrO2. The minimum absolute atomic E-state index is 0.231. The maximum absolute atomic E-state index is 6.05. The van der Waals surface area contributed by atoms with Crippen molar-refractivity contribution in [2.75, 3.05) is 11.9 Å². The van der Waals surface area contributed by atoms with Crippen LogP contribution in [0.25, 0.3) is 0 Å². The van der Waals surface area contributed by atoms with Crippen LogP contribution in [0, 0.1) is 11.8 Å². The molecule has 1 saturated carbocycles. The smallest absolute Gasteiger partial charge is 0.169 e. The molecule has 0 N–H and O–H groups in total. The molecule has 0 radical (unpaired) electrons. The van der Waals surface area contributed by atoms with Crippen LogP contribution in [0.5, 0.6) is 0 Å².